The Morgan fingerprint density at radius 2 is 1.71 bits per heavy atom. The highest BCUT2D eigenvalue weighted by molar-refractivity contribution is 5.96. The summed E-state index contributed by atoms with van der Waals surface area (Å²) in [7, 11) is 2.32. The monoisotopic (exact) mass is 493 g/mol. The van der Waals surface area contributed by atoms with Gasteiger partial charge in [-0.05, 0) is 44.9 Å². The minimum Gasteiger partial charge on any atom is -0.469 e. The molecule has 1 aliphatic heterocycles. The number of rotatable bonds is 7. The predicted molar refractivity (Wildman–Crippen MR) is 121 cm³/mol. The molecule has 0 spiro atoms. The van der Waals surface area contributed by atoms with Gasteiger partial charge in [0.1, 0.15) is 23.2 Å². The molecule has 0 aromatic rings. The van der Waals surface area contributed by atoms with Gasteiger partial charge in [-0.15, -0.1) is 0 Å². The lowest BCUT2D eigenvalue weighted by molar-refractivity contribution is -0.172. The van der Waals surface area contributed by atoms with Crippen LogP contribution in [0.15, 0.2) is 0 Å². The average molecular weight is 494 g/mol. The fraction of sp³-hybridized carbons (Fsp3) is 0.760. The Morgan fingerprint density at radius 3 is 2.34 bits per heavy atom. The predicted octanol–water partition coefficient (Wildman–Crippen LogP) is 1.52. The number of cyclic esters (lactones) is 1. The van der Waals surface area contributed by atoms with E-state index < -0.39 is 52.7 Å². The molecule has 0 bridgehead atoms. The van der Waals surface area contributed by atoms with Crippen molar-refractivity contribution in [3.63, 3.8) is 0 Å². The first kappa shape index (κ1) is 26.8. The van der Waals surface area contributed by atoms with Crippen LogP contribution < -0.4 is 5.32 Å². The van der Waals surface area contributed by atoms with Crippen LogP contribution in [0.3, 0.4) is 0 Å². The maximum atomic E-state index is 13.4. The number of hydrogen-bond acceptors (Lipinski definition) is 9. The molecule has 0 radical (unpaired) electrons. The maximum Gasteiger partial charge on any atom is 0.329 e. The summed E-state index contributed by atoms with van der Waals surface area (Å²) in [5.74, 6) is -4.29. The first-order chi connectivity index (χ1) is 16.4. The van der Waals surface area contributed by atoms with Gasteiger partial charge in [-0.2, -0.15) is 0 Å². The van der Waals surface area contributed by atoms with E-state index in [1.54, 1.807) is 6.92 Å². The van der Waals surface area contributed by atoms with Crippen molar-refractivity contribution in [1.29, 1.82) is 0 Å². The Hall–Kier alpha value is -2.78. The Labute approximate surface area is 204 Å². The van der Waals surface area contributed by atoms with Crippen molar-refractivity contribution in [1.82, 2.24) is 5.32 Å². The number of ether oxygens (including phenoxy) is 3. The molecule has 1 N–H and O–H groups in total. The lowest BCUT2D eigenvalue weighted by atomic mass is 9.55. The van der Waals surface area contributed by atoms with Crippen LogP contribution in [0, 0.1) is 29.1 Å². The highest BCUT2D eigenvalue weighted by atomic mass is 16.6. The number of carbonyl (C=O) groups is 6. The second kappa shape index (κ2) is 10.1. The SMILES string of the molecule is COC(=O)C(C)[C@H](NC(=O)CC[C@@]1(C)OC(=O)CC[C@@H]2[C@@H]1C(=O)C[C@]1(C)C(=O)CC[C@@H]21)C(=O)OC. The largest absolute Gasteiger partial charge is 0.469 e. The van der Waals surface area contributed by atoms with Gasteiger partial charge in [0.05, 0.1) is 26.1 Å². The number of ketones is 2. The van der Waals surface area contributed by atoms with Gasteiger partial charge >= 0.3 is 17.9 Å². The van der Waals surface area contributed by atoms with Crippen LogP contribution in [0.1, 0.15) is 65.7 Å². The summed E-state index contributed by atoms with van der Waals surface area (Å²) in [6, 6.07) is -1.25. The molecule has 194 valence electrons. The minimum atomic E-state index is -1.25. The maximum absolute atomic E-state index is 13.4. The highest BCUT2D eigenvalue weighted by Gasteiger charge is 2.61. The van der Waals surface area contributed by atoms with E-state index in [0.717, 1.165) is 7.11 Å². The molecule has 7 atom stereocenters. The van der Waals surface area contributed by atoms with Crippen molar-refractivity contribution in [2.24, 2.45) is 29.1 Å². The van der Waals surface area contributed by atoms with E-state index in [1.165, 1.54) is 14.0 Å². The van der Waals surface area contributed by atoms with E-state index in [-0.39, 0.29) is 49.1 Å². The molecule has 3 aliphatic rings. The quantitative estimate of drug-likeness (QED) is 0.412. The second-order valence-corrected chi connectivity index (χ2v) is 10.5. The van der Waals surface area contributed by atoms with Crippen LogP contribution in [-0.4, -0.2) is 61.2 Å². The zero-order valence-electron chi connectivity index (χ0n) is 21.0. The van der Waals surface area contributed by atoms with Crippen molar-refractivity contribution in [3.05, 3.63) is 0 Å². The highest BCUT2D eigenvalue weighted by Crippen LogP contribution is 2.57. The van der Waals surface area contributed by atoms with Gasteiger partial charge in [0.2, 0.25) is 5.91 Å². The van der Waals surface area contributed by atoms with E-state index in [0.29, 0.717) is 19.3 Å². The average Bonchev–Trinajstić information content (AvgIpc) is 3.03. The van der Waals surface area contributed by atoms with Gasteiger partial charge in [-0.1, -0.05) is 6.92 Å². The van der Waals surface area contributed by atoms with Crippen LogP contribution in [0.4, 0.5) is 0 Å². The fourth-order valence-electron chi connectivity index (χ4n) is 6.43. The van der Waals surface area contributed by atoms with Crippen LogP contribution in [-0.2, 0) is 43.0 Å². The molecule has 2 saturated carbocycles. The Balaban J connectivity index is 1.79. The zero-order chi connectivity index (χ0) is 26.1. The normalized spacial score (nSPS) is 34.0. The molecule has 2 aliphatic carbocycles. The number of fused-ring (bicyclic) bond motifs is 3. The van der Waals surface area contributed by atoms with E-state index in [4.69, 9.17) is 9.47 Å². The molecule has 3 fully saturated rings. The number of nitrogens with one attached hydrogen (secondary N) is 1. The van der Waals surface area contributed by atoms with Gasteiger partial charge in [0, 0.05) is 31.1 Å². The number of esters is 3. The first-order valence-corrected chi connectivity index (χ1v) is 12.1. The molecule has 35 heavy (non-hydrogen) atoms. The first-order valence-electron chi connectivity index (χ1n) is 12.1. The number of Topliss-reactive ketones (excluding diaryl/α,β-unsaturated/α-hetero) is 2. The molecular formula is C25H35NO9. The van der Waals surface area contributed by atoms with Gasteiger partial charge in [0.25, 0.3) is 0 Å². The molecule has 10 heteroatoms. The molecule has 10 nitrogen and oxygen atoms in total. The molecular weight excluding hydrogens is 458 g/mol. The van der Waals surface area contributed by atoms with E-state index in [1.807, 2.05) is 6.92 Å². The minimum absolute atomic E-state index is 0.00929. The topological polar surface area (TPSA) is 142 Å². The third kappa shape index (κ3) is 4.97. The zero-order valence-corrected chi connectivity index (χ0v) is 21.0. The molecule has 1 saturated heterocycles. The number of amides is 1. The van der Waals surface area contributed by atoms with Crippen LogP contribution >= 0.6 is 0 Å². The number of hydrogen-bond donors (Lipinski definition) is 1. The van der Waals surface area contributed by atoms with Crippen molar-refractivity contribution >= 4 is 35.4 Å². The van der Waals surface area contributed by atoms with Gasteiger partial charge in [-0.3, -0.25) is 24.0 Å². The molecule has 3 rings (SSSR count). The lowest BCUT2D eigenvalue weighted by Gasteiger charge is -2.48. The summed E-state index contributed by atoms with van der Waals surface area (Å²) in [5.41, 5.74) is -1.93. The van der Waals surface area contributed by atoms with Crippen LogP contribution in [0.5, 0.6) is 0 Å². The van der Waals surface area contributed by atoms with Gasteiger partial charge < -0.3 is 19.5 Å². The third-order valence-electron chi connectivity index (χ3n) is 8.35. The number of carbonyl (C=O) groups excluding carboxylic acids is 6. The Morgan fingerprint density at radius 1 is 1.06 bits per heavy atom. The Kier molecular flexibility index (Phi) is 7.71. The molecule has 1 heterocycles. The Bertz CT molecular complexity index is 930. The van der Waals surface area contributed by atoms with Crippen molar-refractivity contribution in [3.8, 4) is 0 Å². The summed E-state index contributed by atoms with van der Waals surface area (Å²) in [5, 5.41) is 2.51. The molecule has 1 amide bonds. The summed E-state index contributed by atoms with van der Waals surface area (Å²) in [4.78, 5) is 75.4. The van der Waals surface area contributed by atoms with Crippen molar-refractivity contribution in [2.45, 2.75) is 77.4 Å². The van der Waals surface area contributed by atoms with Gasteiger partial charge in [-0.25, -0.2) is 4.79 Å². The van der Waals surface area contributed by atoms with Crippen LogP contribution in [0.25, 0.3) is 0 Å². The summed E-state index contributed by atoms with van der Waals surface area (Å²) in [6.45, 7) is 4.97. The van der Waals surface area contributed by atoms with E-state index >= 15 is 0 Å². The van der Waals surface area contributed by atoms with Gasteiger partial charge in [0.15, 0.2) is 0 Å². The molecule has 0 aromatic heterocycles. The third-order valence-corrected chi connectivity index (χ3v) is 8.35. The standard InChI is InChI=1S/C25H35NO9/c1-13(22(31)33-4)21(23(32)34-5)26-18(29)10-11-25(3)20-14(6-9-19(30)35-25)15-7-8-17(28)24(15,2)12-16(20)27/h13-15,20-21H,6-12H2,1-5H3,(H,26,29)/t13?,14-,15-,20+,21-,24-,25+/m0/s1. The van der Waals surface area contributed by atoms with E-state index in [2.05, 4.69) is 10.1 Å². The summed E-state index contributed by atoms with van der Waals surface area (Å²) >= 11 is 0. The van der Waals surface area contributed by atoms with Crippen LogP contribution in [0.2, 0.25) is 0 Å². The number of methoxy groups -OCH3 is 2. The summed E-state index contributed by atoms with van der Waals surface area (Å²) < 4.78 is 15.2. The molecule has 1 unspecified atom stereocenters. The second-order valence-electron chi connectivity index (χ2n) is 10.5. The van der Waals surface area contributed by atoms with E-state index in [9.17, 15) is 28.8 Å². The lowest BCUT2D eigenvalue weighted by Crippen LogP contribution is -2.55. The van der Waals surface area contributed by atoms with Crippen molar-refractivity contribution < 1.29 is 43.0 Å². The van der Waals surface area contributed by atoms with Crippen molar-refractivity contribution in [2.75, 3.05) is 14.2 Å². The smallest absolute Gasteiger partial charge is 0.329 e. The molecule has 0 aromatic carbocycles. The summed E-state index contributed by atoms with van der Waals surface area (Å²) in [6.07, 6.45) is 1.74. The fourth-order valence-corrected chi connectivity index (χ4v) is 6.43.